The molecule has 0 spiro atoms. The number of benzene rings is 2. The molecule has 2 aromatic carbocycles. The molecule has 19 heavy (non-hydrogen) atoms. The molecule has 98 valence electrons. The van der Waals surface area contributed by atoms with Gasteiger partial charge < -0.3 is 5.73 Å². The van der Waals surface area contributed by atoms with Crippen LogP contribution in [0.5, 0.6) is 0 Å². The Kier molecular flexibility index (Phi) is 4.35. The summed E-state index contributed by atoms with van der Waals surface area (Å²) >= 11 is 17.7. The van der Waals surface area contributed by atoms with Crippen molar-refractivity contribution in [2.45, 2.75) is 6.42 Å². The lowest BCUT2D eigenvalue weighted by molar-refractivity contribution is 0.0993. The Morgan fingerprint density at radius 2 is 1.74 bits per heavy atom. The van der Waals surface area contributed by atoms with E-state index in [9.17, 15) is 4.79 Å². The van der Waals surface area contributed by atoms with Crippen molar-refractivity contribution in [2.24, 2.45) is 0 Å². The Bertz CT molecular complexity index is 641. The predicted octanol–water partition coefficient (Wildman–Crippen LogP) is 4.65. The average molecular weight is 315 g/mol. The first kappa shape index (κ1) is 14.2. The Labute approximate surface area is 126 Å². The highest BCUT2D eigenvalue weighted by Crippen LogP contribution is 2.24. The molecular formula is C14H10Cl3NO. The maximum Gasteiger partial charge on any atom is 0.167 e. The summed E-state index contributed by atoms with van der Waals surface area (Å²) in [6.07, 6.45) is 0.191. The van der Waals surface area contributed by atoms with Crippen LogP contribution in [0.2, 0.25) is 15.1 Å². The van der Waals surface area contributed by atoms with Gasteiger partial charge in [-0.2, -0.15) is 0 Å². The summed E-state index contributed by atoms with van der Waals surface area (Å²) < 4.78 is 0. The van der Waals surface area contributed by atoms with Gasteiger partial charge in [-0.25, -0.2) is 0 Å². The largest absolute Gasteiger partial charge is 0.398 e. The number of ketones is 1. The number of hydrogen-bond donors (Lipinski definition) is 1. The molecule has 2 nitrogen and oxygen atoms in total. The van der Waals surface area contributed by atoms with Crippen LogP contribution in [0.4, 0.5) is 5.69 Å². The minimum Gasteiger partial charge on any atom is -0.398 e. The highest BCUT2D eigenvalue weighted by atomic mass is 35.5. The normalized spacial score (nSPS) is 10.5. The summed E-state index contributed by atoms with van der Waals surface area (Å²) in [5, 5.41) is 1.38. The van der Waals surface area contributed by atoms with Crippen molar-refractivity contribution in [1.29, 1.82) is 0 Å². The first-order valence-corrected chi connectivity index (χ1v) is 6.63. The second-order valence-corrected chi connectivity index (χ2v) is 5.32. The molecule has 0 aliphatic rings. The van der Waals surface area contributed by atoms with Crippen molar-refractivity contribution in [3.63, 3.8) is 0 Å². The number of anilines is 1. The van der Waals surface area contributed by atoms with Gasteiger partial charge in [0.2, 0.25) is 0 Å². The molecule has 2 N–H and O–H groups in total. The third-order valence-corrected chi connectivity index (χ3v) is 3.60. The Balaban J connectivity index is 2.23. The third kappa shape index (κ3) is 3.41. The number of halogens is 3. The van der Waals surface area contributed by atoms with Crippen LogP contribution in [0.3, 0.4) is 0 Å². The summed E-state index contributed by atoms with van der Waals surface area (Å²) in [7, 11) is 0. The number of carbonyl (C=O) groups is 1. The van der Waals surface area contributed by atoms with Gasteiger partial charge in [-0.05, 0) is 35.9 Å². The van der Waals surface area contributed by atoms with Gasteiger partial charge in [0, 0.05) is 22.0 Å². The monoisotopic (exact) mass is 313 g/mol. The Morgan fingerprint density at radius 3 is 2.37 bits per heavy atom. The minimum atomic E-state index is -0.0777. The van der Waals surface area contributed by atoms with Crippen LogP contribution in [0, 0.1) is 0 Å². The quantitative estimate of drug-likeness (QED) is 0.661. The molecule has 0 saturated heterocycles. The Hall–Kier alpha value is -1.22. The second-order valence-electron chi connectivity index (χ2n) is 4.07. The smallest absolute Gasteiger partial charge is 0.167 e. The molecule has 0 aromatic heterocycles. The fourth-order valence-electron chi connectivity index (χ4n) is 1.64. The first-order valence-electron chi connectivity index (χ1n) is 5.49. The molecule has 0 atom stereocenters. The molecule has 0 bridgehead atoms. The minimum absolute atomic E-state index is 0.0777. The second kappa shape index (κ2) is 5.83. The van der Waals surface area contributed by atoms with Crippen LogP contribution >= 0.6 is 34.8 Å². The van der Waals surface area contributed by atoms with Crippen molar-refractivity contribution in [3.05, 3.63) is 62.6 Å². The summed E-state index contributed by atoms with van der Waals surface area (Å²) in [5.74, 6) is -0.0777. The summed E-state index contributed by atoms with van der Waals surface area (Å²) in [5.41, 5.74) is 7.28. The molecule has 5 heteroatoms. The van der Waals surface area contributed by atoms with E-state index in [0.717, 1.165) is 5.56 Å². The molecule has 2 aromatic rings. The number of hydrogen-bond acceptors (Lipinski definition) is 2. The lowest BCUT2D eigenvalue weighted by Gasteiger charge is -2.06. The summed E-state index contributed by atoms with van der Waals surface area (Å²) in [4.78, 5) is 12.1. The fourth-order valence-corrected chi connectivity index (χ4v) is 2.30. The molecule has 0 unspecified atom stereocenters. The molecule has 0 radical (unpaired) electrons. The standard InChI is InChI=1S/C14H10Cl3NO/c15-10-3-1-8(11(16)7-10)6-14(19)9-2-4-13(18)12(17)5-9/h1-5,7H,6,18H2. The highest BCUT2D eigenvalue weighted by molar-refractivity contribution is 6.35. The molecule has 0 aliphatic heterocycles. The zero-order valence-corrected chi connectivity index (χ0v) is 12.1. The summed E-state index contributed by atoms with van der Waals surface area (Å²) in [6.45, 7) is 0. The maximum atomic E-state index is 12.1. The molecular weight excluding hydrogens is 305 g/mol. The molecule has 2 rings (SSSR count). The van der Waals surface area contributed by atoms with E-state index < -0.39 is 0 Å². The number of nitrogen functional groups attached to an aromatic ring is 1. The predicted molar refractivity (Wildman–Crippen MR) is 80.4 cm³/mol. The van der Waals surface area contributed by atoms with Crippen LogP contribution in [0.1, 0.15) is 15.9 Å². The molecule has 0 amide bonds. The van der Waals surface area contributed by atoms with Gasteiger partial charge in [0.05, 0.1) is 10.7 Å². The Morgan fingerprint density at radius 1 is 1.00 bits per heavy atom. The van der Waals surface area contributed by atoms with E-state index in [1.54, 1.807) is 36.4 Å². The molecule has 0 heterocycles. The van der Waals surface area contributed by atoms with Crippen molar-refractivity contribution in [1.82, 2.24) is 0 Å². The molecule has 0 saturated carbocycles. The fraction of sp³-hybridized carbons (Fsp3) is 0.0714. The van der Waals surface area contributed by atoms with Crippen LogP contribution in [-0.4, -0.2) is 5.78 Å². The van der Waals surface area contributed by atoms with Crippen LogP contribution in [0.25, 0.3) is 0 Å². The lowest BCUT2D eigenvalue weighted by Crippen LogP contribution is -2.04. The van der Waals surface area contributed by atoms with Gasteiger partial charge in [-0.1, -0.05) is 40.9 Å². The molecule has 0 fully saturated rings. The van der Waals surface area contributed by atoms with Crippen molar-refractivity contribution in [2.75, 3.05) is 5.73 Å². The van der Waals surface area contributed by atoms with E-state index in [1.807, 2.05) is 0 Å². The number of nitrogens with two attached hydrogens (primary N) is 1. The zero-order valence-electron chi connectivity index (χ0n) is 9.79. The van der Waals surface area contributed by atoms with Gasteiger partial charge in [-0.15, -0.1) is 0 Å². The van der Waals surface area contributed by atoms with E-state index in [1.165, 1.54) is 0 Å². The number of carbonyl (C=O) groups excluding carboxylic acids is 1. The van der Waals surface area contributed by atoms with E-state index in [0.29, 0.717) is 26.3 Å². The average Bonchev–Trinajstić information content (AvgIpc) is 2.36. The number of rotatable bonds is 3. The molecule has 0 aliphatic carbocycles. The summed E-state index contributed by atoms with van der Waals surface area (Å²) in [6, 6.07) is 9.87. The van der Waals surface area contributed by atoms with Gasteiger partial charge in [0.1, 0.15) is 0 Å². The SMILES string of the molecule is Nc1ccc(C(=O)Cc2ccc(Cl)cc2Cl)cc1Cl. The topological polar surface area (TPSA) is 43.1 Å². The van der Waals surface area contributed by atoms with Gasteiger partial charge >= 0.3 is 0 Å². The van der Waals surface area contributed by atoms with Crippen LogP contribution in [-0.2, 0) is 6.42 Å². The van der Waals surface area contributed by atoms with Crippen molar-refractivity contribution in [3.8, 4) is 0 Å². The van der Waals surface area contributed by atoms with Crippen LogP contribution in [0.15, 0.2) is 36.4 Å². The van der Waals surface area contributed by atoms with Crippen molar-refractivity contribution < 1.29 is 4.79 Å². The van der Waals surface area contributed by atoms with Gasteiger partial charge in [0.25, 0.3) is 0 Å². The lowest BCUT2D eigenvalue weighted by atomic mass is 10.0. The van der Waals surface area contributed by atoms with E-state index in [-0.39, 0.29) is 12.2 Å². The van der Waals surface area contributed by atoms with E-state index in [2.05, 4.69) is 0 Å². The van der Waals surface area contributed by atoms with Gasteiger partial charge in [-0.3, -0.25) is 4.79 Å². The van der Waals surface area contributed by atoms with E-state index >= 15 is 0 Å². The third-order valence-electron chi connectivity index (χ3n) is 2.69. The first-order chi connectivity index (χ1) is 8.97. The van der Waals surface area contributed by atoms with Crippen molar-refractivity contribution >= 4 is 46.3 Å². The zero-order chi connectivity index (χ0) is 14.0. The maximum absolute atomic E-state index is 12.1. The highest BCUT2D eigenvalue weighted by Gasteiger charge is 2.11. The van der Waals surface area contributed by atoms with Crippen LogP contribution < -0.4 is 5.73 Å². The number of Topliss-reactive ketones (excluding diaryl/α,β-unsaturated/α-hetero) is 1. The van der Waals surface area contributed by atoms with E-state index in [4.69, 9.17) is 40.5 Å². The van der Waals surface area contributed by atoms with Gasteiger partial charge in [0.15, 0.2) is 5.78 Å².